The largest absolute Gasteiger partial charge is 0.490 e. The molecule has 19 nitrogen and oxygen atoms in total. The summed E-state index contributed by atoms with van der Waals surface area (Å²) >= 11 is 6.58. The van der Waals surface area contributed by atoms with Crippen molar-refractivity contribution in [3.63, 3.8) is 0 Å². The van der Waals surface area contributed by atoms with Gasteiger partial charge in [0, 0.05) is 43.0 Å². The molecule has 0 amide bonds. The minimum absolute atomic E-state index is 0.462. The van der Waals surface area contributed by atoms with Gasteiger partial charge in [0.15, 0.2) is 0 Å². The SMILES string of the molecule is Cc1cc(N(C)CCN(C)C)c(N)cc1Nc1ncc(Cl)c(-c2cn3c4c(cccc24)OCC3)n1.N=N/N=N/N=N/N=N/N=N/N. The highest BCUT2D eigenvalue weighted by atomic mass is 35.5. The van der Waals surface area contributed by atoms with Crippen LogP contribution in [0.4, 0.5) is 23.0 Å². The molecule has 0 spiro atoms. The lowest BCUT2D eigenvalue weighted by atomic mass is 10.1. The maximum atomic E-state index is 6.58. The van der Waals surface area contributed by atoms with Crippen LogP contribution < -0.4 is 26.5 Å². The molecule has 0 saturated heterocycles. The molecule has 1 aliphatic rings. The lowest BCUT2D eigenvalue weighted by Crippen LogP contribution is -2.29. The van der Waals surface area contributed by atoms with E-state index in [4.69, 9.17) is 32.6 Å². The maximum Gasteiger partial charge on any atom is 0.227 e. The molecule has 6 N–H and O–H groups in total. The number of aryl methyl sites for hydroxylation is 1. The summed E-state index contributed by atoms with van der Waals surface area (Å²) in [5.74, 6) is 5.88. The van der Waals surface area contributed by atoms with E-state index < -0.39 is 0 Å². The number of halogens is 1. The monoisotopic (exact) mass is 648 g/mol. The van der Waals surface area contributed by atoms with Crippen molar-refractivity contribution in [1.29, 1.82) is 5.53 Å². The number of hydrogen-bond acceptors (Lipinski definition) is 9. The molecule has 0 bridgehead atoms. The molecular weight excluding hydrogens is 616 g/mol. The minimum atomic E-state index is 0.462. The minimum Gasteiger partial charge on any atom is -0.490 e. The zero-order valence-electron chi connectivity index (χ0n) is 25.6. The van der Waals surface area contributed by atoms with Gasteiger partial charge in [-0.15, -0.1) is 0 Å². The smallest absolute Gasteiger partial charge is 0.227 e. The van der Waals surface area contributed by atoms with E-state index in [1.165, 1.54) is 0 Å². The summed E-state index contributed by atoms with van der Waals surface area (Å²) in [5.41, 5.74) is 18.8. The van der Waals surface area contributed by atoms with E-state index in [1.807, 2.05) is 25.1 Å². The standard InChI is InChI=1S/C26H30ClN7O.H3N11/c1-16-12-22(33(4)9-8-32(2)3)20(28)13-21(16)30-26-29-14-19(27)24(31-26)18-15-34-10-11-35-23-7-5-6-17(18)25(23)34;1-3-5-7-9-11-10-8-6-4-2/h5-7,12-15H,8-11,28H2,1-4H3,(H,29,30,31);(H3,1,2,5,6,9,10). The summed E-state index contributed by atoms with van der Waals surface area (Å²) in [6, 6.07) is 10.1. The first-order chi connectivity index (χ1) is 22.2. The lowest BCUT2D eigenvalue weighted by molar-refractivity contribution is 0.287. The molecule has 5 rings (SSSR count). The van der Waals surface area contributed by atoms with Gasteiger partial charge in [-0.2, -0.15) is 5.53 Å². The van der Waals surface area contributed by atoms with Crippen molar-refractivity contribution >= 4 is 45.5 Å². The van der Waals surface area contributed by atoms with Gasteiger partial charge in [0.05, 0.1) is 40.3 Å². The topological polar surface area (TPSA) is 246 Å². The second-order valence-corrected chi connectivity index (χ2v) is 10.5. The number of benzene rings is 2. The van der Waals surface area contributed by atoms with Crippen LogP contribution in [-0.4, -0.2) is 60.3 Å². The molecule has 20 heteroatoms. The van der Waals surface area contributed by atoms with E-state index in [0.717, 1.165) is 58.8 Å². The Morgan fingerprint density at radius 2 is 1.80 bits per heavy atom. The molecule has 2 aromatic carbocycles. The number of para-hydroxylation sites is 1. The van der Waals surface area contributed by atoms with E-state index >= 15 is 0 Å². The zero-order valence-corrected chi connectivity index (χ0v) is 26.3. The lowest BCUT2D eigenvalue weighted by Gasteiger charge is -2.24. The molecular formula is C26H33ClN18O. The first kappa shape index (κ1) is 33.2. The Morgan fingerprint density at radius 1 is 1.07 bits per heavy atom. The summed E-state index contributed by atoms with van der Waals surface area (Å²) < 4.78 is 8.04. The average Bonchev–Trinajstić information content (AvgIpc) is 3.42. The predicted octanol–water partition coefficient (Wildman–Crippen LogP) is 6.14. The van der Waals surface area contributed by atoms with Crippen molar-refractivity contribution in [2.75, 3.05) is 56.8 Å². The number of nitrogens with two attached hydrogens (primary N) is 2. The van der Waals surface area contributed by atoms with Gasteiger partial charge in [0.1, 0.15) is 12.4 Å². The van der Waals surface area contributed by atoms with E-state index in [9.17, 15) is 0 Å². The second-order valence-electron chi connectivity index (χ2n) is 10.0. The number of nitrogen functional groups attached to an aromatic ring is 1. The van der Waals surface area contributed by atoms with E-state index in [-0.39, 0.29) is 0 Å². The normalized spacial score (nSPS) is 12.7. The fraction of sp³-hybridized carbons (Fsp3) is 0.308. The Kier molecular flexibility index (Phi) is 11.5. The first-order valence-electron chi connectivity index (χ1n) is 13.7. The summed E-state index contributed by atoms with van der Waals surface area (Å²) in [4.78, 5) is 13.6. The fourth-order valence-electron chi connectivity index (χ4n) is 4.58. The Morgan fingerprint density at radius 3 is 2.52 bits per heavy atom. The van der Waals surface area contributed by atoms with Crippen molar-refractivity contribution in [2.24, 2.45) is 52.9 Å². The maximum absolute atomic E-state index is 6.58. The molecule has 1 aliphatic heterocycles. The number of ether oxygens (including phenoxy) is 1. The van der Waals surface area contributed by atoms with Crippen LogP contribution in [0.3, 0.4) is 0 Å². The van der Waals surface area contributed by atoms with Crippen molar-refractivity contribution in [3.8, 4) is 17.0 Å². The summed E-state index contributed by atoms with van der Waals surface area (Å²) in [5, 5.41) is 30.2. The van der Waals surface area contributed by atoms with Crippen LogP contribution >= 0.6 is 11.6 Å². The van der Waals surface area contributed by atoms with Gasteiger partial charge in [-0.1, -0.05) is 29.0 Å². The molecule has 0 atom stereocenters. The number of anilines is 4. The van der Waals surface area contributed by atoms with E-state index in [2.05, 4.69) is 117 Å². The highest BCUT2D eigenvalue weighted by Crippen LogP contribution is 2.39. The van der Waals surface area contributed by atoms with Gasteiger partial charge in [0.2, 0.25) is 5.95 Å². The average molecular weight is 649 g/mol. The summed E-state index contributed by atoms with van der Waals surface area (Å²) in [6.45, 7) is 5.31. The van der Waals surface area contributed by atoms with E-state index in [1.54, 1.807) is 6.20 Å². The van der Waals surface area contributed by atoms with Crippen LogP contribution in [0, 0.1) is 12.5 Å². The van der Waals surface area contributed by atoms with Gasteiger partial charge in [0.25, 0.3) is 0 Å². The van der Waals surface area contributed by atoms with Crippen LogP contribution in [0.25, 0.3) is 22.2 Å². The van der Waals surface area contributed by atoms with Crippen LogP contribution in [0.15, 0.2) is 89.7 Å². The van der Waals surface area contributed by atoms with Gasteiger partial charge < -0.3 is 36.0 Å². The fourth-order valence-corrected chi connectivity index (χ4v) is 4.77. The third-order valence-corrected chi connectivity index (χ3v) is 6.98. The van der Waals surface area contributed by atoms with E-state index in [0.29, 0.717) is 29.0 Å². The Labute approximate surface area is 268 Å². The van der Waals surface area contributed by atoms with Gasteiger partial charge in [-0.25, -0.2) is 9.97 Å². The van der Waals surface area contributed by atoms with Crippen LogP contribution in [0.1, 0.15) is 5.56 Å². The number of rotatable bonds is 11. The van der Waals surface area contributed by atoms with Crippen molar-refractivity contribution in [2.45, 2.75) is 13.5 Å². The number of likely N-dealkylation sites (N-methyl/N-ethyl adjacent to an activating group) is 2. The summed E-state index contributed by atoms with van der Waals surface area (Å²) in [6.07, 6.45) is 3.73. The molecule has 0 unspecified atom stereocenters. The molecule has 46 heavy (non-hydrogen) atoms. The second kappa shape index (κ2) is 15.9. The molecule has 3 heterocycles. The molecule has 4 aromatic rings. The van der Waals surface area contributed by atoms with Crippen molar-refractivity contribution < 1.29 is 4.74 Å². The number of nitrogens with one attached hydrogen (secondary N) is 2. The third-order valence-electron chi connectivity index (χ3n) is 6.70. The van der Waals surface area contributed by atoms with Gasteiger partial charge in [-0.3, -0.25) is 0 Å². The molecule has 0 saturated carbocycles. The predicted molar refractivity (Wildman–Crippen MR) is 173 cm³/mol. The Balaban J connectivity index is 0.000000375. The molecule has 0 fully saturated rings. The Bertz CT molecular complexity index is 1780. The van der Waals surface area contributed by atoms with Gasteiger partial charge in [-0.05, 0) is 86.6 Å². The highest BCUT2D eigenvalue weighted by molar-refractivity contribution is 6.33. The molecule has 0 aliphatic carbocycles. The van der Waals surface area contributed by atoms with Crippen LogP contribution in [0.2, 0.25) is 5.02 Å². The molecule has 2 aromatic heterocycles. The first-order valence-corrected chi connectivity index (χ1v) is 14.1. The Hall–Kier alpha value is -5.69. The van der Waals surface area contributed by atoms with Crippen LogP contribution in [0.5, 0.6) is 5.75 Å². The van der Waals surface area contributed by atoms with Crippen molar-refractivity contribution in [3.05, 3.63) is 53.3 Å². The number of nitrogens with zero attached hydrogens (tertiary/aromatic N) is 14. The van der Waals surface area contributed by atoms with Gasteiger partial charge >= 0.3 is 0 Å². The zero-order chi connectivity index (χ0) is 33.1. The molecule has 240 valence electrons. The third kappa shape index (κ3) is 8.27. The highest BCUT2D eigenvalue weighted by Gasteiger charge is 2.21. The quantitative estimate of drug-likeness (QED) is 0.0635. The van der Waals surface area contributed by atoms with Crippen LogP contribution in [-0.2, 0) is 6.54 Å². The van der Waals surface area contributed by atoms with Crippen molar-refractivity contribution in [1.82, 2.24) is 19.4 Å². The number of hydrogen-bond donors (Lipinski definition) is 4. The molecule has 0 radical (unpaired) electrons. The number of aromatic nitrogens is 3. The summed E-state index contributed by atoms with van der Waals surface area (Å²) in [7, 11) is 6.18.